The van der Waals surface area contributed by atoms with Gasteiger partial charge in [-0.15, -0.1) is 0 Å². The summed E-state index contributed by atoms with van der Waals surface area (Å²) < 4.78 is 7.99. The summed E-state index contributed by atoms with van der Waals surface area (Å²) >= 11 is 0. The molecule has 3 aromatic rings. The van der Waals surface area contributed by atoms with Crippen LogP contribution in [-0.4, -0.2) is 20.6 Å². The molecule has 0 aliphatic heterocycles. The van der Waals surface area contributed by atoms with Crippen molar-refractivity contribution in [2.24, 2.45) is 0 Å². The monoisotopic (exact) mass is 312 g/mol. The van der Waals surface area contributed by atoms with Gasteiger partial charge in [-0.2, -0.15) is 14.2 Å². The highest BCUT2D eigenvalue weighted by atomic mass is 16.5. The molecule has 2 N–H and O–H groups in total. The van der Waals surface area contributed by atoms with E-state index in [1.807, 2.05) is 6.07 Å². The minimum Gasteiger partial charge on any atom is -0.475 e. The molecule has 0 aliphatic rings. The summed E-state index contributed by atoms with van der Waals surface area (Å²) in [7, 11) is 0. The van der Waals surface area contributed by atoms with Crippen LogP contribution >= 0.6 is 0 Å². The molecule has 3 rings (SSSR count). The Morgan fingerprint density at radius 2 is 2.39 bits per heavy atom. The molecule has 0 radical (unpaired) electrons. The Balaban J connectivity index is 2.04. The first-order valence-electron chi connectivity index (χ1n) is 6.95. The number of anilines is 1. The van der Waals surface area contributed by atoms with E-state index in [1.54, 1.807) is 41.8 Å². The van der Waals surface area contributed by atoms with Crippen LogP contribution in [0.3, 0.4) is 0 Å². The van der Waals surface area contributed by atoms with E-state index < -0.39 is 5.91 Å². The summed E-state index contributed by atoms with van der Waals surface area (Å²) in [6.45, 7) is 1.99. The van der Waals surface area contributed by atoms with Gasteiger partial charge >= 0.3 is 11.8 Å². The van der Waals surface area contributed by atoms with Crippen LogP contribution in [0.15, 0.2) is 35.0 Å². The Kier molecular flexibility index (Phi) is 3.68. The molecule has 8 nitrogen and oxygen atoms in total. The molecule has 1 amide bonds. The van der Waals surface area contributed by atoms with Crippen molar-refractivity contribution >= 4 is 17.4 Å². The first-order chi connectivity index (χ1) is 11.1. The lowest BCUT2D eigenvalue weighted by molar-refractivity contribution is -0.675. The molecular weight excluding hydrogens is 298 g/mol. The van der Waals surface area contributed by atoms with Gasteiger partial charge in [0.05, 0.1) is 18.7 Å². The number of hydrogen-bond acceptors (Lipinski definition) is 5. The standard InChI is InChI=1S/C15H13N5O3/c1-10-9-11(18-23-10)17-14(21)13-15(22)20(8-4-6-16)12-5-2-3-7-19(12)13/h2-3,5,7,9H,4,8H2,1H3,(H-,17,18,21,22)/p+1. The van der Waals surface area contributed by atoms with Crippen molar-refractivity contribution in [3.8, 4) is 11.9 Å². The highest BCUT2D eigenvalue weighted by Gasteiger charge is 2.30. The lowest BCUT2D eigenvalue weighted by Crippen LogP contribution is -2.33. The van der Waals surface area contributed by atoms with E-state index in [-0.39, 0.29) is 30.4 Å². The number of nitrogens with zero attached hydrogens (tertiary/aromatic N) is 4. The Bertz CT molecular complexity index is 919. The molecule has 8 heteroatoms. The molecule has 23 heavy (non-hydrogen) atoms. The number of fused-ring (bicyclic) bond motifs is 1. The SMILES string of the molecule is Cc1cc(NC(=O)c2c(O)[n+](CCC#N)c3ccccn23)no1. The van der Waals surface area contributed by atoms with Crippen molar-refractivity contribution in [1.29, 1.82) is 5.26 Å². The van der Waals surface area contributed by atoms with Gasteiger partial charge in [-0.25, -0.2) is 0 Å². The molecule has 0 atom stereocenters. The van der Waals surface area contributed by atoms with Gasteiger partial charge in [0.1, 0.15) is 12.3 Å². The molecule has 3 aromatic heterocycles. The first-order valence-corrected chi connectivity index (χ1v) is 6.95. The van der Waals surface area contributed by atoms with E-state index in [9.17, 15) is 9.90 Å². The molecule has 0 saturated carbocycles. The topological polar surface area (TPSA) is 107 Å². The number of carbonyl (C=O) groups is 1. The zero-order valence-electron chi connectivity index (χ0n) is 12.4. The van der Waals surface area contributed by atoms with E-state index in [4.69, 9.17) is 9.78 Å². The van der Waals surface area contributed by atoms with Gasteiger partial charge in [0.15, 0.2) is 5.82 Å². The predicted molar refractivity (Wildman–Crippen MR) is 78.7 cm³/mol. The highest BCUT2D eigenvalue weighted by molar-refractivity contribution is 6.04. The normalized spacial score (nSPS) is 10.6. The van der Waals surface area contributed by atoms with Crippen LogP contribution in [-0.2, 0) is 6.54 Å². The number of rotatable bonds is 4. The van der Waals surface area contributed by atoms with E-state index in [0.717, 1.165) is 0 Å². The highest BCUT2D eigenvalue weighted by Crippen LogP contribution is 2.19. The second-order valence-corrected chi connectivity index (χ2v) is 4.94. The first kappa shape index (κ1) is 14.6. The quantitative estimate of drug-likeness (QED) is 0.708. The molecule has 0 unspecified atom stereocenters. The Morgan fingerprint density at radius 1 is 1.57 bits per heavy atom. The average molecular weight is 312 g/mol. The molecule has 0 bridgehead atoms. The maximum Gasteiger partial charge on any atom is 0.337 e. The van der Waals surface area contributed by atoms with Crippen LogP contribution in [0, 0.1) is 18.3 Å². The molecule has 0 aliphatic carbocycles. The van der Waals surface area contributed by atoms with Crippen molar-refractivity contribution in [3.63, 3.8) is 0 Å². The molecule has 0 fully saturated rings. The molecule has 0 saturated heterocycles. The third kappa shape index (κ3) is 2.60. The van der Waals surface area contributed by atoms with E-state index >= 15 is 0 Å². The number of nitrogens with one attached hydrogen (secondary N) is 1. The maximum absolute atomic E-state index is 12.5. The van der Waals surface area contributed by atoms with Crippen molar-refractivity contribution < 1.29 is 19.0 Å². The lowest BCUT2D eigenvalue weighted by Gasteiger charge is -1.97. The second-order valence-electron chi connectivity index (χ2n) is 4.94. The average Bonchev–Trinajstić information content (AvgIpc) is 3.06. The second kappa shape index (κ2) is 5.81. The lowest BCUT2D eigenvalue weighted by atomic mass is 10.4. The summed E-state index contributed by atoms with van der Waals surface area (Å²) in [4.78, 5) is 12.5. The zero-order valence-corrected chi connectivity index (χ0v) is 12.4. The van der Waals surface area contributed by atoms with E-state index in [0.29, 0.717) is 11.4 Å². The van der Waals surface area contributed by atoms with Crippen molar-refractivity contribution in [1.82, 2.24) is 9.56 Å². The molecule has 0 aromatic carbocycles. The fourth-order valence-corrected chi connectivity index (χ4v) is 2.38. The Labute approximate surface area is 131 Å². The maximum atomic E-state index is 12.5. The van der Waals surface area contributed by atoms with Crippen LogP contribution in [0.2, 0.25) is 0 Å². The fourth-order valence-electron chi connectivity index (χ4n) is 2.38. The minimum absolute atomic E-state index is 0.0687. The number of aryl methyl sites for hydroxylation is 2. The predicted octanol–water partition coefficient (Wildman–Crippen LogP) is 1.39. The summed E-state index contributed by atoms with van der Waals surface area (Å²) in [5.41, 5.74) is 0.681. The van der Waals surface area contributed by atoms with Crippen LogP contribution in [0.4, 0.5) is 5.82 Å². The molecule has 116 valence electrons. The number of nitriles is 1. The van der Waals surface area contributed by atoms with Crippen LogP contribution in [0.25, 0.3) is 5.65 Å². The van der Waals surface area contributed by atoms with Crippen LogP contribution in [0.5, 0.6) is 5.88 Å². The summed E-state index contributed by atoms with van der Waals surface area (Å²) in [6.07, 6.45) is 1.89. The smallest absolute Gasteiger partial charge is 0.337 e. The Hall–Kier alpha value is -3.34. The number of aromatic nitrogens is 3. The van der Waals surface area contributed by atoms with E-state index in [1.165, 1.54) is 4.57 Å². The number of imidazole rings is 1. The number of amides is 1. The minimum atomic E-state index is -0.521. The summed E-state index contributed by atoms with van der Waals surface area (Å²) in [6, 6.07) is 8.90. The summed E-state index contributed by atoms with van der Waals surface area (Å²) in [5.74, 6) is 0.104. The molecule has 0 spiro atoms. The van der Waals surface area contributed by atoms with Gasteiger partial charge in [-0.1, -0.05) is 11.2 Å². The van der Waals surface area contributed by atoms with Crippen molar-refractivity contribution in [3.05, 3.63) is 41.9 Å². The zero-order chi connectivity index (χ0) is 16.4. The molecule has 3 heterocycles. The third-order valence-electron chi connectivity index (χ3n) is 3.36. The van der Waals surface area contributed by atoms with Gasteiger partial charge in [-0.3, -0.25) is 4.79 Å². The van der Waals surface area contributed by atoms with Crippen LogP contribution < -0.4 is 9.88 Å². The summed E-state index contributed by atoms with van der Waals surface area (Å²) in [5, 5.41) is 25.5. The van der Waals surface area contributed by atoms with Crippen molar-refractivity contribution in [2.45, 2.75) is 19.9 Å². The van der Waals surface area contributed by atoms with E-state index in [2.05, 4.69) is 10.5 Å². The van der Waals surface area contributed by atoms with Gasteiger partial charge < -0.3 is 14.9 Å². The number of aromatic hydroxyl groups is 1. The third-order valence-corrected chi connectivity index (χ3v) is 3.36. The van der Waals surface area contributed by atoms with Gasteiger partial charge in [-0.05, 0) is 13.0 Å². The fraction of sp³-hybridized carbons (Fsp3) is 0.200. The Morgan fingerprint density at radius 3 is 3.09 bits per heavy atom. The van der Waals surface area contributed by atoms with Crippen molar-refractivity contribution in [2.75, 3.05) is 5.32 Å². The largest absolute Gasteiger partial charge is 0.475 e. The van der Waals surface area contributed by atoms with Crippen LogP contribution in [0.1, 0.15) is 22.7 Å². The number of carbonyl (C=O) groups excluding carboxylic acids is 1. The van der Waals surface area contributed by atoms with Gasteiger partial charge in [0, 0.05) is 12.1 Å². The van der Waals surface area contributed by atoms with Gasteiger partial charge in [0.2, 0.25) is 0 Å². The van der Waals surface area contributed by atoms with Gasteiger partial charge in [0.25, 0.3) is 11.3 Å². The molecular formula is C15H14N5O3+. The number of pyridine rings is 1. The number of hydrogen-bond donors (Lipinski definition) is 2.